The van der Waals surface area contributed by atoms with Gasteiger partial charge in [-0.3, -0.25) is 0 Å². The van der Waals surface area contributed by atoms with Crippen molar-refractivity contribution in [3.63, 3.8) is 0 Å². The zero-order valence-electron chi connectivity index (χ0n) is 6.19. The zero-order valence-corrected chi connectivity index (χ0v) is 6.19. The first-order valence-corrected chi connectivity index (χ1v) is 2.78. The first kappa shape index (κ1) is 13.4. The molecule has 1 atom stereocenters. The van der Waals surface area contributed by atoms with Crippen molar-refractivity contribution in [1.29, 1.82) is 0 Å². The van der Waals surface area contributed by atoms with Crippen LogP contribution in [0.25, 0.3) is 0 Å². The number of esters is 2. The van der Waals surface area contributed by atoms with E-state index in [1.165, 1.54) is 0 Å². The van der Waals surface area contributed by atoms with Gasteiger partial charge in [0.1, 0.15) is 0 Å². The Balaban J connectivity index is 0. The minimum Gasteiger partial charge on any atom is -0.412 e. The molecule has 4 N–H and O–H groups in total. The molecule has 0 fully saturated rings. The molecule has 0 heterocycles. The number of rotatable bonds is 3. The molecule has 0 aliphatic heterocycles. The molecular weight excluding hydrogens is 168 g/mol. The fourth-order valence-electron chi connectivity index (χ4n) is 0.283. The van der Waals surface area contributed by atoms with Crippen LogP contribution in [0.15, 0.2) is 12.7 Å². The normalized spacial score (nSPS) is 10.8. The van der Waals surface area contributed by atoms with E-state index in [-0.39, 0.29) is 5.48 Å². The van der Waals surface area contributed by atoms with Crippen LogP contribution in [0.4, 0.5) is 0 Å². The number of aliphatic hydroxyl groups is 2. The lowest BCUT2D eigenvalue weighted by molar-refractivity contribution is -0.164. The molecule has 0 aromatic rings. The molecule has 0 aliphatic carbocycles. The highest BCUT2D eigenvalue weighted by Gasteiger charge is 2.17. The van der Waals surface area contributed by atoms with Crippen LogP contribution < -0.4 is 0 Å². The van der Waals surface area contributed by atoms with Crippen molar-refractivity contribution in [1.82, 2.24) is 0 Å². The fourth-order valence-corrected chi connectivity index (χ4v) is 0.283. The van der Waals surface area contributed by atoms with E-state index in [0.717, 1.165) is 6.08 Å². The smallest absolute Gasteiger partial charge is 0.345 e. The number of carbonyl (C=O) groups is 2. The standard InChI is InChI=1S/C6H8O5.H2O/c1-2-5(9)11-6(10)4(8)3-7;/h2,4,7-8H,1,3H2;1H2. The second kappa shape index (κ2) is 6.47. The molecule has 1 unspecified atom stereocenters. The highest BCUT2D eigenvalue weighted by molar-refractivity contribution is 5.93. The van der Waals surface area contributed by atoms with Crippen LogP contribution in [-0.4, -0.2) is 40.3 Å². The summed E-state index contributed by atoms with van der Waals surface area (Å²) in [6, 6.07) is 0. The minimum atomic E-state index is -1.67. The Morgan fingerprint density at radius 3 is 2.42 bits per heavy atom. The van der Waals surface area contributed by atoms with E-state index in [1.54, 1.807) is 0 Å². The summed E-state index contributed by atoms with van der Waals surface area (Å²) in [7, 11) is 0. The van der Waals surface area contributed by atoms with E-state index >= 15 is 0 Å². The van der Waals surface area contributed by atoms with Crippen LogP contribution >= 0.6 is 0 Å². The molecule has 12 heavy (non-hydrogen) atoms. The van der Waals surface area contributed by atoms with Crippen molar-refractivity contribution in [2.45, 2.75) is 6.10 Å². The predicted molar refractivity (Wildman–Crippen MR) is 38.0 cm³/mol. The Morgan fingerprint density at radius 2 is 2.08 bits per heavy atom. The summed E-state index contributed by atoms with van der Waals surface area (Å²) in [5.41, 5.74) is 0. The maximum Gasteiger partial charge on any atom is 0.345 e. The van der Waals surface area contributed by atoms with Gasteiger partial charge >= 0.3 is 11.9 Å². The molecular formula is C6H10O6. The van der Waals surface area contributed by atoms with Crippen molar-refractivity contribution < 1.29 is 30.0 Å². The highest BCUT2D eigenvalue weighted by atomic mass is 16.6. The summed E-state index contributed by atoms with van der Waals surface area (Å²) in [6.07, 6.45) is -0.888. The van der Waals surface area contributed by atoms with E-state index in [4.69, 9.17) is 10.2 Å². The second-order valence-corrected chi connectivity index (χ2v) is 1.64. The summed E-state index contributed by atoms with van der Waals surface area (Å²) >= 11 is 0. The van der Waals surface area contributed by atoms with Crippen molar-refractivity contribution in [2.75, 3.05) is 6.61 Å². The molecule has 0 bridgehead atoms. The number of carbonyl (C=O) groups excluding carboxylic acids is 2. The van der Waals surface area contributed by atoms with Gasteiger partial charge in [-0.15, -0.1) is 0 Å². The largest absolute Gasteiger partial charge is 0.412 e. The Bertz CT molecular complexity index is 175. The number of hydrogen-bond donors (Lipinski definition) is 2. The summed E-state index contributed by atoms with van der Waals surface area (Å²) in [5.74, 6) is -2.14. The molecule has 0 saturated carbocycles. The van der Waals surface area contributed by atoms with Crippen LogP contribution in [0.1, 0.15) is 0 Å². The Labute approximate surface area is 68.4 Å². The molecule has 0 spiro atoms. The van der Waals surface area contributed by atoms with Crippen molar-refractivity contribution in [3.05, 3.63) is 12.7 Å². The Kier molecular flexibility index (Phi) is 7.20. The van der Waals surface area contributed by atoms with Crippen LogP contribution in [0.3, 0.4) is 0 Å². The highest BCUT2D eigenvalue weighted by Crippen LogP contribution is 1.88. The average molecular weight is 178 g/mol. The van der Waals surface area contributed by atoms with Gasteiger partial charge in [-0.25, -0.2) is 9.59 Å². The third kappa shape index (κ3) is 4.56. The van der Waals surface area contributed by atoms with Gasteiger partial charge in [0.25, 0.3) is 0 Å². The number of ether oxygens (including phenoxy) is 1. The van der Waals surface area contributed by atoms with Gasteiger partial charge in [0, 0.05) is 6.08 Å². The molecule has 0 amide bonds. The molecule has 0 radical (unpaired) electrons. The molecule has 6 nitrogen and oxygen atoms in total. The van der Waals surface area contributed by atoms with Crippen molar-refractivity contribution in [2.24, 2.45) is 0 Å². The van der Waals surface area contributed by atoms with Crippen molar-refractivity contribution in [3.8, 4) is 0 Å². The van der Waals surface area contributed by atoms with E-state index in [1.807, 2.05) is 0 Å². The zero-order chi connectivity index (χ0) is 8.85. The lowest BCUT2D eigenvalue weighted by atomic mass is 10.4. The summed E-state index contributed by atoms with van der Waals surface area (Å²) in [5, 5.41) is 16.8. The number of hydrogen-bond acceptors (Lipinski definition) is 5. The average Bonchev–Trinajstić information content (AvgIpc) is 2.02. The SMILES string of the molecule is C=CC(=O)OC(=O)C(O)CO.O. The van der Waals surface area contributed by atoms with Gasteiger partial charge in [-0.2, -0.15) is 0 Å². The fraction of sp³-hybridized carbons (Fsp3) is 0.333. The van der Waals surface area contributed by atoms with Gasteiger partial charge < -0.3 is 20.4 Å². The topological polar surface area (TPSA) is 115 Å². The lowest BCUT2D eigenvalue weighted by Gasteiger charge is -2.03. The summed E-state index contributed by atoms with van der Waals surface area (Å²) < 4.78 is 3.95. The summed E-state index contributed by atoms with van der Waals surface area (Å²) in [6.45, 7) is 2.25. The maximum absolute atomic E-state index is 10.4. The number of aliphatic hydroxyl groups excluding tert-OH is 2. The quantitative estimate of drug-likeness (QED) is 0.288. The molecule has 0 saturated heterocycles. The first-order valence-electron chi connectivity index (χ1n) is 2.78. The van der Waals surface area contributed by atoms with E-state index in [9.17, 15) is 9.59 Å². The van der Waals surface area contributed by atoms with E-state index in [2.05, 4.69) is 11.3 Å². The molecule has 0 rings (SSSR count). The molecule has 0 aliphatic rings. The first-order chi connectivity index (χ1) is 5.11. The third-order valence-electron chi connectivity index (χ3n) is 0.813. The van der Waals surface area contributed by atoms with Crippen LogP contribution in [0.2, 0.25) is 0 Å². The van der Waals surface area contributed by atoms with Gasteiger partial charge in [-0.1, -0.05) is 6.58 Å². The Morgan fingerprint density at radius 1 is 1.58 bits per heavy atom. The second-order valence-electron chi connectivity index (χ2n) is 1.64. The minimum absolute atomic E-state index is 0. The molecule has 70 valence electrons. The Hall–Kier alpha value is -1.24. The van der Waals surface area contributed by atoms with Gasteiger partial charge in [-0.05, 0) is 0 Å². The third-order valence-corrected chi connectivity index (χ3v) is 0.813. The maximum atomic E-state index is 10.4. The van der Waals surface area contributed by atoms with Gasteiger partial charge in [0.15, 0.2) is 6.10 Å². The van der Waals surface area contributed by atoms with E-state index in [0.29, 0.717) is 0 Å². The van der Waals surface area contributed by atoms with Crippen molar-refractivity contribution >= 4 is 11.9 Å². The van der Waals surface area contributed by atoms with Gasteiger partial charge in [0.2, 0.25) is 0 Å². The summed E-state index contributed by atoms with van der Waals surface area (Å²) in [4.78, 5) is 20.7. The lowest BCUT2D eigenvalue weighted by Crippen LogP contribution is -2.28. The van der Waals surface area contributed by atoms with Crippen LogP contribution in [0.5, 0.6) is 0 Å². The molecule has 0 aromatic carbocycles. The van der Waals surface area contributed by atoms with Crippen LogP contribution in [-0.2, 0) is 14.3 Å². The van der Waals surface area contributed by atoms with E-state index < -0.39 is 24.6 Å². The monoisotopic (exact) mass is 178 g/mol. The molecule has 0 aromatic heterocycles. The van der Waals surface area contributed by atoms with Gasteiger partial charge in [0.05, 0.1) is 6.61 Å². The molecule has 6 heteroatoms. The van der Waals surface area contributed by atoms with Crippen LogP contribution in [0, 0.1) is 0 Å². The predicted octanol–water partition coefficient (Wildman–Crippen LogP) is -2.23.